The van der Waals surface area contributed by atoms with Crippen LogP contribution in [0, 0.1) is 11.7 Å². The van der Waals surface area contributed by atoms with Crippen LogP contribution in [0.25, 0.3) is 11.1 Å². The van der Waals surface area contributed by atoms with Gasteiger partial charge in [-0.15, -0.1) is 0 Å². The van der Waals surface area contributed by atoms with Crippen LogP contribution in [0.3, 0.4) is 0 Å². The molecule has 0 bridgehead atoms. The molecular weight excluding hydrogens is 578 g/mol. The van der Waals surface area contributed by atoms with Crippen LogP contribution >= 0.6 is 7.60 Å². The average Bonchev–Trinajstić information content (AvgIpc) is 3.83. The summed E-state index contributed by atoms with van der Waals surface area (Å²) in [7, 11) is 1.09. The van der Waals surface area contributed by atoms with E-state index in [0.717, 1.165) is 40.8 Å². The molecule has 240 valence electrons. The lowest BCUT2D eigenvalue weighted by molar-refractivity contribution is 0.166. The molecule has 1 unspecified atom stereocenters. The summed E-state index contributed by atoms with van der Waals surface area (Å²) in [6.45, 7) is 13.6. The normalized spacial score (nSPS) is 14.8. The molecule has 1 aromatic heterocycles. The molecule has 1 aliphatic carbocycles. The van der Waals surface area contributed by atoms with E-state index >= 15 is 4.39 Å². The van der Waals surface area contributed by atoms with Crippen molar-refractivity contribution in [3.05, 3.63) is 77.2 Å². The number of rotatable bonds is 15. The molecule has 2 aromatic carbocycles. The van der Waals surface area contributed by atoms with Crippen LogP contribution in [0.1, 0.15) is 77.0 Å². The highest BCUT2D eigenvalue weighted by molar-refractivity contribution is 7.55. The summed E-state index contributed by atoms with van der Waals surface area (Å²) in [5.74, 6) is 1.10. The first-order valence-corrected chi connectivity index (χ1v) is 16.9. The van der Waals surface area contributed by atoms with Crippen molar-refractivity contribution >= 4 is 7.60 Å². The zero-order valence-corrected chi connectivity index (χ0v) is 28.5. The molecule has 1 aliphatic rings. The highest BCUT2D eigenvalue weighted by atomic mass is 31.2. The second-order valence-corrected chi connectivity index (χ2v) is 15.6. The molecule has 0 N–H and O–H groups in total. The molecular formula is C35H48FN2O5P. The highest BCUT2D eigenvalue weighted by Gasteiger charge is 2.53. The lowest BCUT2D eigenvalue weighted by atomic mass is 9.83. The number of pyridine rings is 1. The highest BCUT2D eigenvalue weighted by Crippen LogP contribution is 2.67. The van der Waals surface area contributed by atoms with E-state index in [0.29, 0.717) is 42.6 Å². The quantitative estimate of drug-likeness (QED) is 0.156. The fourth-order valence-corrected chi connectivity index (χ4v) is 8.18. The number of benzene rings is 2. The third-order valence-electron chi connectivity index (χ3n) is 8.84. The predicted molar refractivity (Wildman–Crippen MR) is 174 cm³/mol. The molecule has 0 aliphatic heterocycles. The molecule has 44 heavy (non-hydrogen) atoms. The van der Waals surface area contributed by atoms with Crippen molar-refractivity contribution in [2.45, 2.75) is 90.7 Å². The summed E-state index contributed by atoms with van der Waals surface area (Å²) < 4.78 is 51.2. The molecule has 9 heteroatoms. The van der Waals surface area contributed by atoms with Crippen LogP contribution < -0.4 is 9.47 Å². The van der Waals surface area contributed by atoms with Crippen molar-refractivity contribution in [1.82, 2.24) is 9.88 Å². The van der Waals surface area contributed by atoms with E-state index in [9.17, 15) is 4.57 Å². The Morgan fingerprint density at radius 1 is 0.977 bits per heavy atom. The molecule has 1 atom stereocenters. The van der Waals surface area contributed by atoms with Crippen molar-refractivity contribution < 1.29 is 27.5 Å². The lowest BCUT2D eigenvalue weighted by Crippen LogP contribution is -2.36. The van der Waals surface area contributed by atoms with Crippen LogP contribution in [-0.4, -0.2) is 48.5 Å². The van der Waals surface area contributed by atoms with E-state index in [-0.39, 0.29) is 5.92 Å². The number of halogens is 1. The van der Waals surface area contributed by atoms with Crippen LogP contribution in [0.5, 0.6) is 11.6 Å². The second-order valence-electron chi connectivity index (χ2n) is 12.8. The Hall–Kier alpha value is -2.77. The van der Waals surface area contributed by atoms with Gasteiger partial charge in [0.2, 0.25) is 5.88 Å². The Kier molecular flexibility index (Phi) is 10.9. The van der Waals surface area contributed by atoms with Crippen LogP contribution in [0.4, 0.5) is 4.39 Å². The zero-order chi connectivity index (χ0) is 32.2. The summed E-state index contributed by atoms with van der Waals surface area (Å²) in [5.41, 5.74) is 4.30. The molecule has 1 heterocycles. The van der Waals surface area contributed by atoms with Gasteiger partial charge in [-0.1, -0.05) is 30.3 Å². The van der Waals surface area contributed by atoms with E-state index in [2.05, 4.69) is 49.7 Å². The topological polar surface area (TPSA) is 70.1 Å². The van der Waals surface area contributed by atoms with E-state index in [1.165, 1.54) is 27.5 Å². The smallest absolute Gasteiger partial charge is 0.336 e. The SMILES string of the molecule is COc1cc(-c2ccc(COc3cccc(C(C4CC4)C(C)(C)P(=O)(OC)OC)c3)cc2CN(C(C)C)C(C)C)c(F)cn1. The van der Waals surface area contributed by atoms with Gasteiger partial charge >= 0.3 is 7.60 Å². The first kappa shape index (κ1) is 34.1. The summed E-state index contributed by atoms with van der Waals surface area (Å²) in [5, 5.41) is -0.718. The van der Waals surface area contributed by atoms with E-state index in [1.54, 1.807) is 6.07 Å². The minimum absolute atomic E-state index is 0.00651. The van der Waals surface area contributed by atoms with Gasteiger partial charge in [0, 0.05) is 50.4 Å². The van der Waals surface area contributed by atoms with Gasteiger partial charge in [0.1, 0.15) is 18.2 Å². The van der Waals surface area contributed by atoms with Crippen molar-refractivity contribution in [3.8, 4) is 22.8 Å². The second kappa shape index (κ2) is 14.1. The summed E-state index contributed by atoms with van der Waals surface area (Å²) in [6.07, 6.45) is 3.36. The fourth-order valence-electron chi connectivity index (χ4n) is 6.39. The Balaban J connectivity index is 1.64. The van der Waals surface area contributed by atoms with Crippen molar-refractivity contribution in [2.75, 3.05) is 21.3 Å². The Morgan fingerprint density at radius 2 is 1.66 bits per heavy atom. The van der Waals surface area contributed by atoms with E-state index in [4.69, 9.17) is 18.5 Å². The molecule has 0 spiro atoms. The average molecular weight is 627 g/mol. The lowest BCUT2D eigenvalue weighted by Gasteiger charge is -2.38. The molecule has 1 saturated carbocycles. The van der Waals surface area contributed by atoms with Gasteiger partial charge in [-0.3, -0.25) is 9.46 Å². The largest absolute Gasteiger partial charge is 0.489 e. The maximum absolute atomic E-state index is 15.1. The Bertz CT molecular complexity index is 1460. The fraction of sp³-hybridized carbons (Fsp3) is 0.514. The number of aromatic nitrogens is 1. The van der Waals surface area contributed by atoms with Gasteiger partial charge in [-0.2, -0.15) is 0 Å². The first-order valence-electron chi connectivity index (χ1n) is 15.4. The molecule has 7 nitrogen and oxygen atoms in total. The maximum atomic E-state index is 15.1. The third-order valence-corrected chi connectivity index (χ3v) is 11.5. The van der Waals surface area contributed by atoms with Crippen LogP contribution in [0.2, 0.25) is 0 Å². The molecule has 0 amide bonds. The van der Waals surface area contributed by atoms with Crippen molar-refractivity contribution in [3.63, 3.8) is 0 Å². The van der Waals surface area contributed by atoms with Crippen LogP contribution in [0.15, 0.2) is 54.7 Å². The summed E-state index contributed by atoms with van der Waals surface area (Å²) in [6, 6.07) is 16.3. The van der Waals surface area contributed by atoms with Gasteiger partial charge in [-0.05, 0) is 94.7 Å². The maximum Gasteiger partial charge on any atom is 0.336 e. The Labute approximate surface area is 262 Å². The monoisotopic (exact) mass is 626 g/mol. The standard InChI is InChI=1S/C35H48FN2O5P/c1-23(2)38(24(3)4)21-28-17-25(13-16-30(28)31-19-33(40-7)37-20-32(31)36)22-43-29-12-10-11-27(18-29)34(26-14-15-26)35(5,6)44(39,41-8)42-9/h10-13,16-20,23-24,26,34H,14-15,21-22H2,1-9H3. The van der Waals surface area contributed by atoms with Gasteiger partial charge in [-0.25, -0.2) is 9.37 Å². The molecule has 1 fully saturated rings. The number of hydrogen-bond acceptors (Lipinski definition) is 7. The number of ether oxygens (including phenoxy) is 2. The van der Waals surface area contributed by atoms with Crippen molar-refractivity contribution in [2.24, 2.45) is 5.92 Å². The third kappa shape index (κ3) is 7.37. The van der Waals surface area contributed by atoms with E-state index < -0.39 is 18.6 Å². The molecule has 0 saturated heterocycles. The summed E-state index contributed by atoms with van der Waals surface area (Å²) in [4.78, 5) is 6.40. The zero-order valence-electron chi connectivity index (χ0n) is 27.6. The first-order chi connectivity index (χ1) is 20.8. The Morgan fingerprint density at radius 3 is 2.25 bits per heavy atom. The molecule has 3 aromatic rings. The van der Waals surface area contributed by atoms with Gasteiger partial charge in [0.15, 0.2) is 0 Å². The number of hydrogen-bond donors (Lipinski definition) is 0. The van der Waals surface area contributed by atoms with Gasteiger partial charge in [0.05, 0.1) is 18.5 Å². The molecule has 4 rings (SSSR count). The summed E-state index contributed by atoms with van der Waals surface area (Å²) >= 11 is 0. The van der Waals surface area contributed by atoms with Gasteiger partial charge < -0.3 is 18.5 Å². The predicted octanol–water partition coefficient (Wildman–Crippen LogP) is 8.85. The minimum Gasteiger partial charge on any atom is -0.489 e. The molecule has 0 radical (unpaired) electrons. The minimum atomic E-state index is -3.35. The number of methoxy groups -OCH3 is 1. The van der Waals surface area contributed by atoms with Crippen LogP contribution in [-0.2, 0) is 26.8 Å². The number of nitrogens with zero attached hydrogens (tertiary/aromatic N) is 2. The van der Waals surface area contributed by atoms with E-state index in [1.807, 2.05) is 44.2 Å². The van der Waals surface area contributed by atoms with Crippen molar-refractivity contribution in [1.29, 1.82) is 0 Å². The van der Waals surface area contributed by atoms with Gasteiger partial charge in [0.25, 0.3) is 0 Å².